The molecule has 0 bridgehead atoms. The van der Waals surface area contributed by atoms with Gasteiger partial charge >= 0.3 is 11.4 Å². The number of aromatic hydroxyl groups is 2. The molecule has 2 rings (SSSR count). The molecule has 12 heteroatoms. The van der Waals surface area contributed by atoms with Gasteiger partial charge in [-0.3, -0.25) is 29.8 Å². The molecule has 0 aromatic heterocycles. The maximum absolute atomic E-state index is 12.1. The number of carbonyl (C=O) groups excluding carboxylic acids is 2. The molecule has 0 aliphatic heterocycles. The maximum atomic E-state index is 12.1. The number of nitro groups is 2. The van der Waals surface area contributed by atoms with E-state index in [0.717, 1.165) is 25.0 Å². The van der Waals surface area contributed by atoms with Gasteiger partial charge in [0, 0.05) is 25.2 Å². The standard InChI is InChI=1S/C20H22N4O8/c25-17-13(7-5-9-15(17)23(29)30)19(27)21-11-3-1-2-4-12-22-20(28)14-8-6-10-16(18(14)26)24(31)32/h5-10,25-26H,1-4,11-12H2,(H,21,27)(H,22,28). The summed E-state index contributed by atoms with van der Waals surface area (Å²) in [6, 6.07) is 7.42. The van der Waals surface area contributed by atoms with E-state index in [9.17, 15) is 40.0 Å². The Morgan fingerprint density at radius 1 is 0.719 bits per heavy atom. The topological polar surface area (TPSA) is 185 Å². The normalized spacial score (nSPS) is 10.4. The quantitative estimate of drug-likeness (QED) is 0.230. The Balaban J connectivity index is 1.67. The predicted octanol–water partition coefficient (Wildman–Crippen LogP) is 2.63. The van der Waals surface area contributed by atoms with Crippen molar-refractivity contribution in [2.24, 2.45) is 0 Å². The molecule has 0 radical (unpaired) electrons. The molecular weight excluding hydrogens is 424 g/mol. The number of para-hydroxylation sites is 2. The second-order valence-corrected chi connectivity index (χ2v) is 6.79. The minimum atomic E-state index is -0.773. The van der Waals surface area contributed by atoms with Gasteiger partial charge in [0.25, 0.3) is 11.8 Å². The first-order valence-corrected chi connectivity index (χ1v) is 9.73. The molecule has 2 aromatic rings. The summed E-state index contributed by atoms with van der Waals surface area (Å²) in [4.78, 5) is 44.2. The molecule has 0 spiro atoms. The van der Waals surface area contributed by atoms with Gasteiger partial charge in [-0.15, -0.1) is 0 Å². The largest absolute Gasteiger partial charge is 0.502 e. The third-order valence-corrected chi connectivity index (χ3v) is 4.59. The first-order valence-electron chi connectivity index (χ1n) is 9.73. The molecule has 4 N–H and O–H groups in total. The second-order valence-electron chi connectivity index (χ2n) is 6.79. The van der Waals surface area contributed by atoms with Crippen molar-refractivity contribution in [1.29, 1.82) is 0 Å². The first kappa shape index (κ1) is 24.1. The highest BCUT2D eigenvalue weighted by Gasteiger charge is 2.21. The third-order valence-electron chi connectivity index (χ3n) is 4.59. The van der Waals surface area contributed by atoms with Gasteiger partial charge < -0.3 is 20.8 Å². The molecule has 0 saturated heterocycles. The Kier molecular flexibility index (Phi) is 8.45. The number of hydrogen-bond donors (Lipinski definition) is 4. The lowest BCUT2D eigenvalue weighted by atomic mass is 10.1. The number of carbonyl (C=O) groups is 2. The number of rotatable bonds is 11. The van der Waals surface area contributed by atoms with E-state index in [1.807, 2.05) is 0 Å². The van der Waals surface area contributed by atoms with Crippen LogP contribution < -0.4 is 10.6 Å². The number of unbranched alkanes of at least 4 members (excludes halogenated alkanes) is 3. The zero-order valence-electron chi connectivity index (χ0n) is 16.9. The first-order chi connectivity index (χ1) is 15.2. The number of nitro benzene ring substituents is 2. The van der Waals surface area contributed by atoms with E-state index in [2.05, 4.69) is 10.6 Å². The van der Waals surface area contributed by atoms with Gasteiger partial charge in [-0.2, -0.15) is 0 Å². The molecular formula is C20H22N4O8. The molecule has 0 atom stereocenters. The van der Waals surface area contributed by atoms with Gasteiger partial charge in [0.2, 0.25) is 11.5 Å². The molecule has 0 saturated carbocycles. The number of hydrogen-bond acceptors (Lipinski definition) is 8. The van der Waals surface area contributed by atoms with Crippen LogP contribution in [0.2, 0.25) is 0 Å². The highest BCUT2D eigenvalue weighted by atomic mass is 16.6. The Morgan fingerprint density at radius 2 is 1.09 bits per heavy atom. The zero-order chi connectivity index (χ0) is 23.7. The van der Waals surface area contributed by atoms with E-state index < -0.39 is 44.5 Å². The smallest absolute Gasteiger partial charge is 0.311 e. The fourth-order valence-corrected chi connectivity index (χ4v) is 2.92. The van der Waals surface area contributed by atoms with Gasteiger partial charge in [0.1, 0.15) is 0 Å². The molecule has 0 heterocycles. The van der Waals surface area contributed by atoms with Crippen molar-refractivity contribution in [3.05, 3.63) is 67.8 Å². The van der Waals surface area contributed by atoms with E-state index in [4.69, 9.17) is 0 Å². The molecule has 0 aliphatic carbocycles. The zero-order valence-corrected chi connectivity index (χ0v) is 16.9. The molecule has 2 aromatic carbocycles. The molecule has 32 heavy (non-hydrogen) atoms. The van der Waals surface area contributed by atoms with Crippen molar-refractivity contribution in [2.45, 2.75) is 25.7 Å². The summed E-state index contributed by atoms with van der Waals surface area (Å²) in [6.45, 7) is 0.601. The Hall–Kier alpha value is -4.22. The summed E-state index contributed by atoms with van der Waals surface area (Å²) in [5.41, 5.74) is -1.44. The molecule has 0 aliphatic rings. The van der Waals surface area contributed by atoms with Crippen LogP contribution >= 0.6 is 0 Å². The van der Waals surface area contributed by atoms with Gasteiger partial charge in [-0.05, 0) is 25.0 Å². The van der Waals surface area contributed by atoms with Crippen LogP contribution in [0.1, 0.15) is 46.4 Å². The Labute approximate surface area is 182 Å². The minimum absolute atomic E-state index is 0.175. The molecule has 0 fully saturated rings. The van der Waals surface area contributed by atoms with E-state index in [0.29, 0.717) is 25.9 Å². The summed E-state index contributed by atoms with van der Waals surface area (Å²) >= 11 is 0. The van der Waals surface area contributed by atoms with Crippen LogP contribution in [0.3, 0.4) is 0 Å². The number of nitrogens with zero attached hydrogens (tertiary/aromatic N) is 2. The van der Waals surface area contributed by atoms with Crippen LogP contribution in [0.15, 0.2) is 36.4 Å². The van der Waals surface area contributed by atoms with Crippen molar-refractivity contribution in [1.82, 2.24) is 10.6 Å². The number of phenols is 2. The van der Waals surface area contributed by atoms with Crippen LogP contribution in [0.4, 0.5) is 11.4 Å². The van der Waals surface area contributed by atoms with Crippen LogP contribution in [-0.4, -0.2) is 45.0 Å². The maximum Gasteiger partial charge on any atom is 0.311 e. The minimum Gasteiger partial charge on any atom is -0.502 e. The highest BCUT2D eigenvalue weighted by Crippen LogP contribution is 2.30. The van der Waals surface area contributed by atoms with E-state index in [1.165, 1.54) is 24.3 Å². The van der Waals surface area contributed by atoms with Crippen LogP contribution in [0, 0.1) is 20.2 Å². The summed E-state index contributed by atoms with van der Waals surface area (Å²) in [5, 5.41) is 46.4. The van der Waals surface area contributed by atoms with Crippen molar-refractivity contribution in [2.75, 3.05) is 13.1 Å². The summed E-state index contributed by atoms with van der Waals surface area (Å²) < 4.78 is 0. The molecule has 170 valence electrons. The number of phenolic OH excluding ortho intramolecular Hbond substituents is 2. The lowest BCUT2D eigenvalue weighted by Crippen LogP contribution is -2.25. The van der Waals surface area contributed by atoms with E-state index >= 15 is 0 Å². The van der Waals surface area contributed by atoms with Gasteiger partial charge in [-0.25, -0.2) is 0 Å². The predicted molar refractivity (Wildman–Crippen MR) is 113 cm³/mol. The van der Waals surface area contributed by atoms with Crippen molar-refractivity contribution >= 4 is 23.2 Å². The van der Waals surface area contributed by atoms with Gasteiger partial charge in [0.05, 0.1) is 21.0 Å². The number of nitrogens with one attached hydrogen (secondary N) is 2. The molecule has 12 nitrogen and oxygen atoms in total. The highest BCUT2D eigenvalue weighted by molar-refractivity contribution is 5.98. The summed E-state index contributed by atoms with van der Waals surface area (Å²) in [6.07, 6.45) is 2.67. The Bertz CT molecular complexity index is 943. The van der Waals surface area contributed by atoms with Crippen LogP contribution in [0.25, 0.3) is 0 Å². The lowest BCUT2D eigenvalue weighted by Gasteiger charge is -2.08. The number of amides is 2. The fraction of sp³-hybridized carbons (Fsp3) is 0.300. The van der Waals surface area contributed by atoms with Crippen LogP contribution in [0.5, 0.6) is 11.5 Å². The second kappa shape index (κ2) is 11.2. The van der Waals surface area contributed by atoms with Crippen molar-refractivity contribution in [3.63, 3.8) is 0 Å². The molecule has 0 unspecified atom stereocenters. The third kappa shape index (κ3) is 6.14. The van der Waals surface area contributed by atoms with Gasteiger partial charge in [0.15, 0.2) is 0 Å². The molecule has 2 amide bonds. The van der Waals surface area contributed by atoms with Gasteiger partial charge in [-0.1, -0.05) is 25.0 Å². The van der Waals surface area contributed by atoms with Crippen molar-refractivity contribution < 1.29 is 29.6 Å². The average Bonchev–Trinajstić information content (AvgIpc) is 2.75. The van der Waals surface area contributed by atoms with Crippen molar-refractivity contribution in [3.8, 4) is 11.5 Å². The average molecular weight is 446 g/mol. The number of benzene rings is 2. The summed E-state index contributed by atoms with van der Waals surface area (Å²) in [7, 11) is 0. The van der Waals surface area contributed by atoms with Crippen LogP contribution in [-0.2, 0) is 0 Å². The SMILES string of the molecule is O=C(NCCCCCCNC(=O)c1cccc([N+](=O)[O-])c1O)c1cccc([N+](=O)[O-])c1O. The summed E-state index contributed by atoms with van der Waals surface area (Å²) in [5.74, 6) is -2.59. The monoisotopic (exact) mass is 446 g/mol. The van der Waals surface area contributed by atoms with E-state index in [-0.39, 0.29) is 11.1 Å². The van der Waals surface area contributed by atoms with E-state index in [1.54, 1.807) is 0 Å². The lowest BCUT2D eigenvalue weighted by molar-refractivity contribution is -0.386. The fourth-order valence-electron chi connectivity index (χ4n) is 2.92. The Morgan fingerprint density at radius 3 is 1.44 bits per heavy atom.